The van der Waals surface area contributed by atoms with Gasteiger partial charge in [-0.3, -0.25) is 14.4 Å². The monoisotopic (exact) mass is 566 g/mol. The lowest BCUT2D eigenvalue weighted by atomic mass is 9.75. The highest BCUT2D eigenvalue weighted by atomic mass is 19.4. The molecule has 8 nitrogen and oxygen atoms in total. The van der Waals surface area contributed by atoms with Gasteiger partial charge in [-0.1, -0.05) is 43.4 Å². The van der Waals surface area contributed by atoms with Crippen molar-refractivity contribution in [1.82, 2.24) is 4.57 Å². The maximum Gasteiger partial charge on any atom is 0.416 e. The van der Waals surface area contributed by atoms with E-state index in [-0.39, 0.29) is 23.2 Å². The van der Waals surface area contributed by atoms with Crippen molar-refractivity contribution >= 4 is 23.5 Å². The molecule has 1 aliphatic rings. The van der Waals surface area contributed by atoms with E-state index in [4.69, 9.17) is 4.74 Å². The first-order valence-corrected chi connectivity index (χ1v) is 12.4. The topological polar surface area (TPSA) is 115 Å². The Morgan fingerprint density at radius 2 is 1.63 bits per heavy atom. The number of aliphatic carboxylic acids is 1. The number of pyridine rings is 1. The van der Waals surface area contributed by atoms with Gasteiger partial charge in [-0.05, 0) is 54.4 Å². The third-order valence-electron chi connectivity index (χ3n) is 7.01. The molecule has 2 atom stereocenters. The number of esters is 1. The summed E-state index contributed by atoms with van der Waals surface area (Å²) in [5.41, 5.74) is -2.25. The van der Waals surface area contributed by atoms with Gasteiger partial charge >= 0.3 is 18.1 Å². The van der Waals surface area contributed by atoms with Gasteiger partial charge in [-0.2, -0.15) is 13.2 Å². The number of nitrogens with zero attached hydrogens (tertiary/aromatic N) is 1. The number of anilines is 1. The first-order chi connectivity index (χ1) is 19.4. The second kappa shape index (κ2) is 11.3. The van der Waals surface area contributed by atoms with Crippen LogP contribution in [0.25, 0.3) is 11.1 Å². The van der Waals surface area contributed by atoms with E-state index < -0.39 is 46.6 Å². The minimum absolute atomic E-state index is 0.120. The van der Waals surface area contributed by atoms with E-state index in [1.165, 1.54) is 42.1 Å². The molecule has 3 aromatic rings. The summed E-state index contributed by atoms with van der Waals surface area (Å²) < 4.78 is 44.8. The van der Waals surface area contributed by atoms with Crippen molar-refractivity contribution in [2.75, 3.05) is 12.4 Å². The predicted octanol–water partition coefficient (Wildman–Crippen LogP) is 5.72. The molecule has 212 valence electrons. The summed E-state index contributed by atoms with van der Waals surface area (Å²) in [7, 11) is 1.24. The maximum absolute atomic E-state index is 13.7. The van der Waals surface area contributed by atoms with Crippen LogP contribution in [0.3, 0.4) is 0 Å². The number of carboxylic acid groups (broad SMARTS) is 1. The number of allylic oxidation sites excluding steroid dienone is 3. The van der Waals surface area contributed by atoms with Gasteiger partial charge in [0.25, 0.3) is 11.5 Å². The molecule has 41 heavy (non-hydrogen) atoms. The third kappa shape index (κ3) is 5.69. The number of halogens is 3. The van der Waals surface area contributed by atoms with Crippen LogP contribution in [0.2, 0.25) is 0 Å². The lowest BCUT2D eigenvalue weighted by Gasteiger charge is -2.35. The van der Waals surface area contributed by atoms with Crippen LogP contribution in [0.5, 0.6) is 0 Å². The normalized spacial score (nSPS) is 18.1. The number of carbonyl (C=O) groups is 3. The molecule has 1 heterocycles. The number of hydrogen-bond acceptors (Lipinski definition) is 5. The Kier molecular flexibility index (Phi) is 8.00. The molecule has 1 aromatic heterocycles. The van der Waals surface area contributed by atoms with Gasteiger partial charge in [0.05, 0.1) is 24.3 Å². The SMILES string of the molecule is CC[C@]1(C(=O)O)C=CC=CC1n1cc(-c2ccc(C(=O)OC)cc2)cc(NC(=O)c2ccc(C(F)(F)F)cc2)c1=O. The average molecular weight is 567 g/mol. The minimum atomic E-state index is -4.58. The van der Waals surface area contributed by atoms with E-state index in [0.717, 1.165) is 24.3 Å². The van der Waals surface area contributed by atoms with E-state index in [0.29, 0.717) is 11.1 Å². The standard InChI is InChI=1S/C30H25F3N2O6/c1-3-29(28(39)40)15-5-4-6-24(29)35-17-21(18-7-9-20(10-8-18)27(38)41-2)16-23(26(35)37)34-25(36)19-11-13-22(14-12-19)30(31,32)33/h4-17,24H,3H2,1-2H3,(H,34,36)(H,39,40)/t24?,29-/m0/s1. The largest absolute Gasteiger partial charge is 0.481 e. The van der Waals surface area contributed by atoms with Gasteiger partial charge in [0.1, 0.15) is 11.1 Å². The molecule has 2 aromatic carbocycles. The van der Waals surface area contributed by atoms with Gasteiger partial charge in [-0.25, -0.2) is 4.79 Å². The molecule has 0 fully saturated rings. The first kappa shape index (κ1) is 29.1. The van der Waals surface area contributed by atoms with Gasteiger partial charge in [0.2, 0.25) is 0 Å². The van der Waals surface area contributed by atoms with Crippen molar-refractivity contribution in [3.63, 3.8) is 0 Å². The number of carbonyl (C=O) groups excluding carboxylic acids is 2. The summed E-state index contributed by atoms with van der Waals surface area (Å²) >= 11 is 0. The number of methoxy groups -OCH3 is 1. The number of hydrogen-bond donors (Lipinski definition) is 2. The van der Waals surface area contributed by atoms with Crippen molar-refractivity contribution in [2.24, 2.45) is 5.41 Å². The summed E-state index contributed by atoms with van der Waals surface area (Å²) in [5.74, 6) is -2.54. The molecule has 0 saturated carbocycles. The molecule has 2 N–H and O–H groups in total. The average Bonchev–Trinajstić information content (AvgIpc) is 2.97. The highest BCUT2D eigenvalue weighted by Crippen LogP contribution is 2.41. The lowest BCUT2D eigenvalue weighted by Crippen LogP contribution is -2.42. The Hall–Kier alpha value is -4.93. The summed E-state index contributed by atoms with van der Waals surface area (Å²) in [4.78, 5) is 51.0. The van der Waals surface area contributed by atoms with Crippen LogP contribution in [-0.2, 0) is 15.7 Å². The smallest absolute Gasteiger partial charge is 0.416 e. The van der Waals surface area contributed by atoms with Crippen molar-refractivity contribution in [2.45, 2.75) is 25.6 Å². The van der Waals surface area contributed by atoms with Crippen molar-refractivity contribution < 1.29 is 37.4 Å². The van der Waals surface area contributed by atoms with E-state index in [2.05, 4.69) is 5.32 Å². The number of alkyl halides is 3. The van der Waals surface area contributed by atoms with Gasteiger partial charge in [0, 0.05) is 17.3 Å². The van der Waals surface area contributed by atoms with Crippen LogP contribution in [0, 0.1) is 5.41 Å². The summed E-state index contributed by atoms with van der Waals surface area (Å²) in [6, 6.07) is 10.1. The van der Waals surface area contributed by atoms with E-state index in [1.807, 2.05) is 0 Å². The maximum atomic E-state index is 13.7. The zero-order valence-electron chi connectivity index (χ0n) is 21.9. The molecule has 4 rings (SSSR count). The highest BCUT2D eigenvalue weighted by molar-refractivity contribution is 6.04. The number of carboxylic acids is 1. The molecule has 0 aliphatic heterocycles. The Balaban J connectivity index is 1.83. The van der Waals surface area contributed by atoms with Crippen molar-refractivity contribution in [3.05, 3.63) is 112 Å². The Morgan fingerprint density at radius 3 is 2.20 bits per heavy atom. The molecule has 0 spiro atoms. The fourth-order valence-corrected chi connectivity index (χ4v) is 4.66. The fraction of sp³-hybridized carbons (Fsp3) is 0.200. The zero-order chi connectivity index (χ0) is 29.9. The number of aromatic nitrogens is 1. The summed E-state index contributed by atoms with van der Waals surface area (Å²) in [5, 5.41) is 12.6. The Bertz CT molecular complexity index is 1610. The van der Waals surface area contributed by atoms with E-state index >= 15 is 0 Å². The fourth-order valence-electron chi connectivity index (χ4n) is 4.66. The van der Waals surface area contributed by atoms with Crippen molar-refractivity contribution in [1.29, 1.82) is 0 Å². The van der Waals surface area contributed by atoms with Crippen molar-refractivity contribution in [3.8, 4) is 11.1 Å². The Morgan fingerprint density at radius 1 is 1.00 bits per heavy atom. The summed E-state index contributed by atoms with van der Waals surface area (Å²) in [6.45, 7) is 1.68. The lowest BCUT2D eigenvalue weighted by molar-refractivity contribution is -0.148. The number of nitrogens with one attached hydrogen (secondary N) is 1. The number of rotatable bonds is 7. The molecule has 0 bridgehead atoms. The Labute approximate surface area is 232 Å². The van der Waals surface area contributed by atoms with Crippen LogP contribution in [0.4, 0.5) is 18.9 Å². The molecule has 1 aliphatic carbocycles. The van der Waals surface area contributed by atoms with Gasteiger partial charge < -0.3 is 19.7 Å². The highest BCUT2D eigenvalue weighted by Gasteiger charge is 2.44. The molecule has 11 heteroatoms. The minimum Gasteiger partial charge on any atom is -0.481 e. The van der Waals surface area contributed by atoms with Crippen LogP contribution in [-0.4, -0.2) is 34.6 Å². The second-order valence-corrected chi connectivity index (χ2v) is 9.34. The van der Waals surface area contributed by atoms with E-state index in [1.54, 1.807) is 37.3 Å². The summed E-state index contributed by atoms with van der Waals surface area (Å²) in [6.07, 6.45) is 3.30. The van der Waals surface area contributed by atoms with Crippen LogP contribution in [0.15, 0.2) is 89.9 Å². The van der Waals surface area contributed by atoms with Crippen LogP contribution >= 0.6 is 0 Å². The number of benzene rings is 2. The third-order valence-corrected chi connectivity index (χ3v) is 7.01. The molecule has 0 radical (unpaired) electrons. The number of ether oxygens (including phenoxy) is 1. The molecular formula is C30H25F3N2O6. The number of amides is 1. The predicted molar refractivity (Wildman–Crippen MR) is 145 cm³/mol. The van der Waals surface area contributed by atoms with Crippen LogP contribution < -0.4 is 10.9 Å². The van der Waals surface area contributed by atoms with E-state index in [9.17, 15) is 37.5 Å². The zero-order valence-corrected chi connectivity index (χ0v) is 21.9. The quantitative estimate of drug-likeness (QED) is 0.354. The molecule has 1 unspecified atom stereocenters. The van der Waals surface area contributed by atoms with Gasteiger partial charge in [0.15, 0.2) is 0 Å². The first-order valence-electron chi connectivity index (χ1n) is 12.4. The molecule has 1 amide bonds. The molecular weight excluding hydrogens is 541 g/mol. The molecule has 0 saturated heterocycles. The van der Waals surface area contributed by atoms with Crippen LogP contribution in [0.1, 0.15) is 45.7 Å². The second-order valence-electron chi connectivity index (χ2n) is 9.34. The van der Waals surface area contributed by atoms with Gasteiger partial charge in [-0.15, -0.1) is 0 Å².